The van der Waals surface area contributed by atoms with Gasteiger partial charge in [-0.2, -0.15) is 0 Å². The summed E-state index contributed by atoms with van der Waals surface area (Å²) >= 11 is 0. The second kappa shape index (κ2) is 11.6. The fourth-order valence-corrected chi connectivity index (χ4v) is 3.19. The Morgan fingerprint density at radius 1 is 1.17 bits per heavy atom. The van der Waals surface area contributed by atoms with Gasteiger partial charge in [-0.05, 0) is 27.7 Å². The number of amides is 2. The molecule has 0 aromatic carbocycles. The third-order valence-corrected chi connectivity index (χ3v) is 4.65. The molecular weight excluding hydrogens is 405 g/mol. The lowest BCUT2D eigenvalue weighted by atomic mass is 9.87. The monoisotopic (exact) mass is 439 g/mol. The van der Waals surface area contributed by atoms with Crippen LogP contribution in [-0.2, 0) is 28.0 Å². The summed E-state index contributed by atoms with van der Waals surface area (Å²) < 4.78 is 21.8. The van der Waals surface area contributed by atoms with Crippen molar-refractivity contribution >= 4 is 25.3 Å². The minimum absolute atomic E-state index is 0.000908. The zero-order valence-electron chi connectivity index (χ0n) is 18.1. The van der Waals surface area contributed by atoms with E-state index in [1.807, 2.05) is 0 Å². The van der Waals surface area contributed by atoms with Gasteiger partial charge >= 0.3 is 7.82 Å². The third kappa shape index (κ3) is 12.6. The highest BCUT2D eigenvalue weighted by Gasteiger charge is 2.38. The molecule has 0 aliphatic rings. The Morgan fingerprint density at radius 2 is 1.76 bits per heavy atom. The summed E-state index contributed by atoms with van der Waals surface area (Å²) in [5.41, 5.74) is -1.50. The molecule has 4 N–H and O–H groups in total. The van der Waals surface area contributed by atoms with E-state index < -0.39 is 37.5 Å². The fourth-order valence-electron chi connectivity index (χ4n) is 1.95. The molecule has 0 radical (unpaired) electrons. The number of phosphoric acid groups is 1. The van der Waals surface area contributed by atoms with E-state index in [-0.39, 0.29) is 25.4 Å². The number of phosphoric ester groups is 1. The number of carbonyl (C=O) groups is 2. The molecule has 11 nitrogen and oxygen atoms in total. The third-order valence-electron chi connectivity index (χ3n) is 3.42. The van der Waals surface area contributed by atoms with Crippen molar-refractivity contribution in [3.05, 3.63) is 0 Å². The number of oxime groups is 1. The summed E-state index contributed by atoms with van der Waals surface area (Å²) in [6, 6.07) is 0. The Balaban J connectivity index is 4.46. The van der Waals surface area contributed by atoms with Gasteiger partial charge in [0.25, 0.3) is 0 Å². The highest BCUT2D eigenvalue weighted by molar-refractivity contribution is 7.47. The van der Waals surface area contributed by atoms with E-state index in [1.165, 1.54) is 21.0 Å². The normalized spacial score (nSPS) is 16.0. The highest BCUT2D eigenvalue weighted by atomic mass is 31.2. The van der Waals surface area contributed by atoms with Crippen molar-refractivity contribution in [2.75, 3.05) is 26.8 Å². The van der Waals surface area contributed by atoms with Gasteiger partial charge in [-0.1, -0.05) is 19.0 Å². The van der Waals surface area contributed by atoms with Crippen LogP contribution in [0.4, 0.5) is 0 Å². The van der Waals surface area contributed by atoms with Crippen LogP contribution in [0.1, 0.15) is 48.0 Å². The molecule has 0 aromatic heterocycles. The molecule has 12 heteroatoms. The molecule has 2 unspecified atom stereocenters. The summed E-state index contributed by atoms with van der Waals surface area (Å²) in [6.45, 7) is 9.28. The van der Waals surface area contributed by atoms with Crippen molar-refractivity contribution in [3.63, 3.8) is 0 Å². The standard InChI is InChI=1S/C17H34N3O8P/c1-12(20-26-7)10-19-13(21)8-9-18-15(23)14(22)17(5,6)11-27-29(24,25)28-16(2,3)4/h14,22H,8-11H2,1-7H3,(H,18,23)(H,19,21)(H,24,25)/b20-12+. The summed E-state index contributed by atoms with van der Waals surface area (Å²) in [4.78, 5) is 38.1. The summed E-state index contributed by atoms with van der Waals surface area (Å²) in [7, 11) is -2.95. The van der Waals surface area contributed by atoms with Gasteiger partial charge < -0.3 is 25.5 Å². The minimum Gasteiger partial charge on any atom is -0.399 e. The number of hydrogen-bond donors (Lipinski definition) is 4. The SMILES string of the molecule is CO/N=C(\C)CNC(=O)CCNC(=O)C(O)C(C)(C)COP(=O)(O)OC(C)(C)C. The lowest BCUT2D eigenvalue weighted by molar-refractivity contribution is -0.137. The van der Waals surface area contributed by atoms with Crippen LogP contribution in [-0.4, -0.2) is 66.0 Å². The molecule has 0 saturated carbocycles. The van der Waals surface area contributed by atoms with Crippen LogP contribution in [0.5, 0.6) is 0 Å². The Bertz CT molecular complexity index is 631. The smallest absolute Gasteiger partial charge is 0.399 e. The number of nitrogens with one attached hydrogen (secondary N) is 2. The van der Waals surface area contributed by atoms with E-state index in [4.69, 9.17) is 9.05 Å². The maximum atomic E-state index is 12.1. The van der Waals surface area contributed by atoms with Crippen LogP contribution in [0.25, 0.3) is 0 Å². The van der Waals surface area contributed by atoms with Gasteiger partial charge in [0.2, 0.25) is 11.8 Å². The van der Waals surface area contributed by atoms with Crippen molar-refractivity contribution in [3.8, 4) is 0 Å². The van der Waals surface area contributed by atoms with Gasteiger partial charge in [-0.15, -0.1) is 0 Å². The molecule has 0 fully saturated rings. The van der Waals surface area contributed by atoms with Crippen LogP contribution in [0.15, 0.2) is 5.16 Å². The molecule has 0 bridgehead atoms. The summed E-state index contributed by atoms with van der Waals surface area (Å²) in [5, 5.41) is 18.9. The van der Waals surface area contributed by atoms with Crippen LogP contribution in [0.3, 0.4) is 0 Å². The Morgan fingerprint density at radius 3 is 2.28 bits per heavy atom. The average molecular weight is 439 g/mol. The fraction of sp³-hybridized carbons (Fsp3) is 0.824. The molecule has 0 aliphatic heterocycles. The van der Waals surface area contributed by atoms with E-state index in [2.05, 4.69) is 20.6 Å². The molecule has 2 amide bonds. The average Bonchev–Trinajstić information content (AvgIpc) is 2.56. The van der Waals surface area contributed by atoms with Crippen LogP contribution in [0, 0.1) is 5.41 Å². The number of aliphatic hydroxyl groups excluding tert-OH is 1. The number of aliphatic hydroxyl groups is 1. The molecule has 170 valence electrons. The first-order chi connectivity index (χ1) is 13.1. The van der Waals surface area contributed by atoms with Crippen molar-refractivity contribution in [1.82, 2.24) is 10.6 Å². The first kappa shape index (κ1) is 27.5. The lowest BCUT2D eigenvalue weighted by Crippen LogP contribution is -2.46. The Labute approximate surface area is 171 Å². The van der Waals surface area contributed by atoms with Crippen molar-refractivity contribution < 1.29 is 38.0 Å². The van der Waals surface area contributed by atoms with E-state index >= 15 is 0 Å². The van der Waals surface area contributed by atoms with E-state index in [9.17, 15) is 24.2 Å². The quantitative estimate of drug-likeness (QED) is 0.199. The molecule has 2 atom stereocenters. The molecule has 0 aromatic rings. The number of hydrogen-bond acceptors (Lipinski definition) is 8. The summed E-state index contributed by atoms with van der Waals surface area (Å²) in [5.74, 6) is -1.04. The second-order valence-corrected chi connectivity index (χ2v) is 9.54. The predicted octanol–water partition coefficient (Wildman–Crippen LogP) is 0.950. The lowest BCUT2D eigenvalue weighted by Gasteiger charge is -2.31. The first-order valence-electron chi connectivity index (χ1n) is 9.07. The molecule has 0 aliphatic carbocycles. The minimum atomic E-state index is -4.35. The Hall–Kier alpha value is -1.52. The van der Waals surface area contributed by atoms with Gasteiger partial charge in [0.1, 0.15) is 13.2 Å². The molecule has 0 spiro atoms. The van der Waals surface area contributed by atoms with Crippen molar-refractivity contribution in [2.24, 2.45) is 10.6 Å². The highest BCUT2D eigenvalue weighted by Crippen LogP contribution is 2.48. The van der Waals surface area contributed by atoms with Gasteiger partial charge in [0.05, 0.1) is 24.5 Å². The maximum Gasteiger partial charge on any atom is 0.472 e. The van der Waals surface area contributed by atoms with E-state index in [0.717, 1.165) is 0 Å². The van der Waals surface area contributed by atoms with E-state index in [1.54, 1.807) is 27.7 Å². The van der Waals surface area contributed by atoms with Crippen LogP contribution >= 0.6 is 7.82 Å². The van der Waals surface area contributed by atoms with E-state index in [0.29, 0.717) is 5.71 Å². The van der Waals surface area contributed by atoms with Gasteiger partial charge in [-0.25, -0.2) is 4.57 Å². The number of carbonyl (C=O) groups excluding carboxylic acids is 2. The van der Waals surface area contributed by atoms with Crippen LogP contribution < -0.4 is 10.6 Å². The van der Waals surface area contributed by atoms with Gasteiger partial charge in [0, 0.05) is 18.4 Å². The second-order valence-electron chi connectivity index (χ2n) is 8.16. The zero-order chi connectivity index (χ0) is 22.9. The van der Waals surface area contributed by atoms with Gasteiger partial charge in [0.15, 0.2) is 0 Å². The topological polar surface area (TPSA) is 156 Å². The van der Waals surface area contributed by atoms with Gasteiger partial charge in [-0.3, -0.25) is 18.6 Å². The van der Waals surface area contributed by atoms with Crippen LogP contribution in [0.2, 0.25) is 0 Å². The molecule has 0 heterocycles. The first-order valence-corrected chi connectivity index (χ1v) is 10.6. The largest absolute Gasteiger partial charge is 0.472 e. The molecule has 29 heavy (non-hydrogen) atoms. The Kier molecular flexibility index (Phi) is 11.0. The van der Waals surface area contributed by atoms with Crippen molar-refractivity contribution in [2.45, 2.75) is 59.7 Å². The van der Waals surface area contributed by atoms with Crippen molar-refractivity contribution in [1.29, 1.82) is 0 Å². The molecule has 0 saturated heterocycles. The number of nitrogens with zero attached hydrogens (tertiary/aromatic N) is 1. The number of rotatable bonds is 12. The zero-order valence-corrected chi connectivity index (χ0v) is 19.0. The molecular formula is C17H34N3O8P. The maximum absolute atomic E-state index is 12.1. The summed E-state index contributed by atoms with van der Waals surface area (Å²) in [6.07, 6.45) is -1.53. The molecule has 0 rings (SSSR count). The predicted molar refractivity (Wildman–Crippen MR) is 107 cm³/mol.